The second kappa shape index (κ2) is 6.65. The lowest BCUT2D eigenvalue weighted by Crippen LogP contribution is -2.13. The smallest absolute Gasteiger partial charge is 0.339 e. The van der Waals surface area contributed by atoms with Crippen LogP contribution >= 0.6 is 0 Å². The Morgan fingerprint density at radius 3 is 2.32 bits per heavy atom. The first-order valence-corrected chi connectivity index (χ1v) is 7.56. The van der Waals surface area contributed by atoms with Crippen molar-refractivity contribution in [2.24, 2.45) is 0 Å². The Morgan fingerprint density at radius 2 is 1.73 bits per heavy atom. The number of nitrogen functional groups attached to an aromatic ring is 1. The number of nitrogens with two attached hydrogens (primary N) is 1. The number of carbonyl (C=O) groups is 1. The Balaban J connectivity index is 2.23. The van der Waals surface area contributed by atoms with E-state index in [1.807, 2.05) is 58.0 Å². The van der Waals surface area contributed by atoms with E-state index in [1.165, 1.54) is 5.56 Å². The molecule has 3 heteroatoms. The normalized spacial score (nSPS) is 12.0. The van der Waals surface area contributed by atoms with Crippen LogP contribution in [0.3, 0.4) is 0 Å². The van der Waals surface area contributed by atoms with Crippen molar-refractivity contribution in [3.8, 4) is 0 Å². The predicted octanol–water partition coefficient (Wildman–Crippen LogP) is 4.50. The monoisotopic (exact) mass is 297 g/mol. The van der Waals surface area contributed by atoms with Crippen LogP contribution in [-0.4, -0.2) is 5.97 Å². The molecule has 0 aromatic heterocycles. The molecule has 2 N–H and O–H groups in total. The summed E-state index contributed by atoms with van der Waals surface area (Å²) >= 11 is 0. The molecule has 0 fully saturated rings. The lowest BCUT2D eigenvalue weighted by atomic mass is 10.0. The zero-order valence-corrected chi connectivity index (χ0v) is 13.6. The molecule has 2 aromatic rings. The number of aryl methyl sites for hydroxylation is 3. The number of carbonyl (C=O) groups excluding carboxylic acids is 1. The molecule has 116 valence electrons. The molecular formula is C19H23NO2. The van der Waals surface area contributed by atoms with E-state index in [0.717, 1.165) is 23.1 Å². The van der Waals surface area contributed by atoms with Crippen LogP contribution < -0.4 is 5.73 Å². The molecule has 0 radical (unpaired) electrons. The van der Waals surface area contributed by atoms with Crippen LogP contribution in [0.25, 0.3) is 0 Å². The Kier molecular flexibility index (Phi) is 4.86. The minimum atomic E-state index is -0.298. The van der Waals surface area contributed by atoms with E-state index in [-0.39, 0.29) is 12.1 Å². The molecule has 0 aliphatic heterocycles. The van der Waals surface area contributed by atoms with Gasteiger partial charge in [-0.15, -0.1) is 0 Å². The molecule has 0 aliphatic rings. The Labute approximate surface area is 132 Å². The van der Waals surface area contributed by atoms with Crippen molar-refractivity contribution in [1.29, 1.82) is 0 Å². The highest BCUT2D eigenvalue weighted by Gasteiger charge is 2.18. The SMILES string of the molecule is CCC(OC(=O)c1cc(C)c(N)cc1C)c1ccc(C)cc1. The summed E-state index contributed by atoms with van der Waals surface area (Å²) in [5.41, 5.74) is 11.1. The van der Waals surface area contributed by atoms with Gasteiger partial charge in [-0.2, -0.15) is 0 Å². The van der Waals surface area contributed by atoms with Crippen LogP contribution in [0.2, 0.25) is 0 Å². The maximum Gasteiger partial charge on any atom is 0.339 e. The van der Waals surface area contributed by atoms with Crippen LogP contribution in [0.1, 0.15) is 52.1 Å². The Bertz CT molecular complexity index is 675. The average molecular weight is 297 g/mol. The highest BCUT2D eigenvalue weighted by Crippen LogP contribution is 2.25. The van der Waals surface area contributed by atoms with E-state index < -0.39 is 0 Å². The minimum absolute atomic E-state index is 0.231. The third-order valence-corrected chi connectivity index (χ3v) is 3.90. The standard InChI is InChI=1S/C19H23NO2/c1-5-18(15-8-6-12(2)7-9-15)22-19(21)16-10-14(4)17(20)11-13(16)3/h6-11,18H,5,20H2,1-4H3. The molecule has 1 atom stereocenters. The van der Waals surface area contributed by atoms with E-state index in [9.17, 15) is 4.79 Å². The number of hydrogen-bond donors (Lipinski definition) is 1. The lowest BCUT2D eigenvalue weighted by Gasteiger charge is -2.18. The molecule has 0 saturated carbocycles. The molecule has 0 bridgehead atoms. The van der Waals surface area contributed by atoms with Crippen molar-refractivity contribution in [2.45, 2.75) is 40.2 Å². The third kappa shape index (κ3) is 3.48. The van der Waals surface area contributed by atoms with E-state index >= 15 is 0 Å². The zero-order valence-electron chi connectivity index (χ0n) is 13.6. The quantitative estimate of drug-likeness (QED) is 0.667. The van der Waals surface area contributed by atoms with E-state index in [4.69, 9.17) is 10.5 Å². The Hall–Kier alpha value is -2.29. The largest absolute Gasteiger partial charge is 0.454 e. The zero-order chi connectivity index (χ0) is 16.3. The molecule has 2 rings (SSSR count). The highest BCUT2D eigenvalue weighted by atomic mass is 16.5. The number of ether oxygens (including phenoxy) is 1. The molecule has 2 aromatic carbocycles. The lowest BCUT2D eigenvalue weighted by molar-refractivity contribution is 0.0287. The van der Waals surface area contributed by atoms with Gasteiger partial charge in [0, 0.05) is 5.69 Å². The van der Waals surface area contributed by atoms with Gasteiger partial charge in [0.1, 0.15) is 6.10 Å². The first-order valence-electron chi connectivity index (χ1n) is 7.56. The molecule has 0 saturated heterocycles. The van der Waals surface area contributed by atoms with Crippen LogP contribution in [-0.2, 0) is 4.74 Å². The summed E-state index contributed by atoms with van der Waals surface area (Å²) in [5.74, 6) is -0.298. The second-order valence-corrected chi connectivity index (χ2v) is 5.74. The molecular weight excluding hydrogens is 274 g/mol. The fraction of sp³-hybridized carbons (Fsp3) is 0.316. The first-order chi connectivity index (χ1) is 10.4. The molecule has 0 amide bonds. The molecule has 22 heavy (non-hydrogen) atoms. The van der Waals surface area contributed by atoms with Crippen LogP contribution in [0.15, 0.2) is 36.4 Å². The van der Waals surface area contributed by atoms with Crippen molar-refractivity contribution in [3.63, 3.8) is 0 Å². The number of esters is 1. The second-order valence-electron chi connectivity index (χ2n) is 5.74. The maximum absolute atomic E-state index is 12.5. The van der Waals surface area contributed by atoms with Gasteiger partial charge in [0.25, 0.3) is 0 Å². The summed E-state index contributed by atoms with van der Waals surface area (Å²) in [7, 11) is 0. The molecule has 0 heterocycles. The van der Waals surface area contributed by atoms with Gasteiger partial charge in [0.15, 0.2) is 0 Å². The van der Waals surface area contributed by atoms with Crippen molar-refractivity contribution in [3.05, 3.63) is 64.2 Å². The summed E-state index contributed by atoms with van der Waals surface area (Å²) < 4.78 is 5.71. The van der Waals surface area contributed by atoms with Crippen molar-refractivity contribution in [1.82, 2.24) is 0 Å². The number of anilines is 1. The van der Waals surface area contributed by atoms with Gasteiger partial charge in [-0.1, -0.05) is 36.8 Å². The van der Waals surface area contributed by atoms with Crippen molar-refractivity contribution >= 4 is 11.7 Å². The summed E-state index contributed by atoms with van der Waals surface area (Å²) in [6, 6.07) is 11.7. The molecule has 3 nitrogen and oxygen atoms in total. The number of hydrogen-bond acceptors (Lipinski definition) is 3. The maximum atomic E-state index is 12.5. The molecule has 0 spiro atoms. The molecule has 0 aliphatic carbocycles. The van der Waals surface area contributed by atoms with Gasteiger partial charge in [0.2, 0.25) is 0 Å². The van der Waals surface area contributed by atoms with Gasteiger partial charge in [-0.05, 0) is 56.0 Å². The van der Waals surface area contributed by atoms with Gasteiger partial charge < -0.3 is 10.5 Å². The fourth-order valence-electron chi connectivity index (χ4n) is 2.42. The van der Waals surface area contributed by atoms with Crippen LogP contribution in [0.4, 0.5) is 5.69 Å². The Morgan fingerprint density at radius 1 is 1.09 bits per heavy atom. The number of benzene rings is 2. The minimum Gasteiger partial charge on any atom is -0.454 e. The van der Waals surface area contributed by atoms with Crippen molar-refractivity contribution < 1.29 is 9.53 Å². The van der Waals surface area contributed by atoms with Crippen LogP contribution in [0, 0.1) is 20.8 Å². The van der Waals surface area contributed by atoms with E-state index in [0.29, 0.717) is 11.3 Å². The summed E-state index contributed by atoms with van der Waals surface area (Å²) in [5, 5.41) is 0. The summed E-state index contributed by atoms with van der Waals surface area (Å²) in [4.78, 5) is 12.5. The topological polar surface area (TPSA) is 52.3 Å². The van der Waals surface area contributed by atoms with Crippen molar-refractivity contribution in [2.75, 3.05) is 5.73 Å². The predicted molar refractivity (Wildman–Crippen MR) is 90.0 cm³/mol. The average Bonchev–Trinajstić information content (AvgIpc) is 2.49. The van der Waals surface area contributed by atoms with Crippen LogP contribution in [0.5, 0.6) is 0 Å². The van der Waals surface area contributed by atoms with E-state index in [2.05, 4.69) is 0 Å². The fourth-order valence-corrected chi connectivity index (χ4v) is 2.42. The van der Waals surface area contributed by atoms with E-state index in [1.54, 1.807) is 6.07 Å². The first kappa shape index (κ1) is 16.1. The van der Waals surface area contributed by atoms with Gasteiger partial charge in [0.05, 0.1) is 5.56 Å². The van der Waals surface area contributed by atoms with Gasteiger partial charge in [-0.25, -0.2) is 4.79 Å². The molecule has 1 unspecified atom stereocenters. The summed E-state index contributed by atoms with van der Waals surface area (Å²) in [6.45, 7) is 7.82. The van der Waals surface area contributed by atoms with Gasteiger partial charge >= 0.3 is 5.97 Å². The third-order valence-electron chi connectivity index (χ3n) is 3.90. The summed E-state index contributed by atoms with van der Waals surface area (Å²) in [6.07, 6.45) is 0.507. The highest BCUT2D eigenvalue weighted by molar-refractivity contribution is 5.92. The van der Waals surface area contributed by atoms with Gasteiger partial charge in [-0.3, -0.25) is 0 Å². The number of rotatable bonds is 4.